The van der Waals surface area contributed by atoms with Gasteiger partial charge in [-0.3, -0.25) is 9.59 Å². The van der Waals surface area contributed by atoms with Gasteiger partial charge in [-0.25, -0.2) is 0 Å². The van der Waals surface area contributed by atoms with Crippen LogP contribution in [0.1, 0.15) is 20.7 Å². The first kappa shape index (κ1) is 18.7. The van der Waals surface area contributed by atoms with Gasteiger partial charge >= 0.3 is 0 Å². The Labute approximate surface area is 119 Å². The van der Waals surface area contributed by atoms with E-state index in [2.05, 4.69) is 0 Å². The maximum absolute atomic E-state index is 10.0. The summed E-state index contributed by atoms with van der Waals surface area (Å²) in [7, 11) is 0. The van der Waals surface area contributed by atoms with Gasteiger partial charge in [0.05, 0.1) is 0 Å². The molecule has 18 heavy (non-hydrogen) atoms. The first-order valence-electron chi connectivity index (χ1n) is 4.87. The molecule has 0 bridgehead atoms. The number of carbonyl (C=O) groups excluding carboxylic acids is 2. The molecule has 0 saturated heterocycles. The van der Waals surface area contributed by atoms with Crippen LogP contribution in [0, 0.1) is 0 Å². The topological polar surface area (TPSA) is 34.1 Å². The Morgan fingerprint density at radius 3 is 1.00 bits per heavy atom. The number of rotatable bonds is 2. The second-order valence-corrected chi connectivity index (χ2v) is 3.06. The molecule has 2 aromatic carbocycles. The van der Waals surface area contributed by atoms with Crippen LogP contribution in [0.3, 0.4) is 0 Å². The highest BCUT2D eigenvalue weighted by molar-refractivity contribution is 5.85. The molecule has 0 unspecified atom stereocenters. The Morgan fingerprint density at radius 1 is 0.556 bits per heavy atom. The molecule has 0 spiro atoms. The van der Waals surface area contributed by atoms with E-state index < -0.39 is 0 Å². The molecular weight excluding hydrogens is 271 g/mol. The molecule has 0 aliphatic carbocycles. The summed E-state index contributed by atoms with van der Waals surface area (Å²) in [5.41, 5.74) is 1.46. The van der Waals surface area contributed by atoms with Gasteiger partial charge in [-0.2, -0.15) is 0 Å². The third-order valence-corrected chi connectivity index (χ3v) is 1.87. The van der Waals surface area contributed by atoms with Crippen LogP contribution >= 0.6 is 24.8 Å². The van der Waals surface area contributed by atoms with E-state index in [1.165, 1.54) is 0 Å². The van der Waals surface area contributed by atoms with Gasteiger partial charge in [0.25, 0.3) is 0 Å². The molecule has 0 aliphatic rings. The van der Waals surface area contributed by atoms with Crippen molar-refractivity contribution in [3.05, 3.63) is 71.8 Å². The predicted octanol–water partition coefficient (Wildman–Crippen LogP) is 3.84. The molecule has 96 valence electrons. The van der Waals surface area contributed by atoms with E-state index in [-0.39, 0.29) is 24.8 Å². The van der Waals surface area contributed by atoms with E-state index >= 15 is 0 Å². The maximum Gasteiger partial charge on any atom is 0.150 e. The van der Waals surface area contributed by atoms with Crippen molar-refractivity contribution in [1.82, 2.24) is 0 Å². The van der Waals surface area contributed by atoms with Gasteiger partial charge in [-0.15, -0.1) is 24.8 Å². The lowest BCUT2D eigenvalue weighted by Crippen LogP contribution is -1.73. The largest absolute Gasteiger partial charge is 0.298 e. The molecule has 0 radical (unpaired) electrons. The normalized spacial score (nSPS) is 7.56. The fourth-order valence-corrected chi connectivity index (χ4v) is 1.06. The molecule has 0 atom stereocenters. The van der Waals surface area contributed by atoms with Crippen molar-refractivity contribution in [2.24, 2.45) is 0 Å². The van der Waals surface area contributed by atoms with Crippen molar-refractivity contribution in [3.8, 4) is 0 Å². The molecule has 0 N–H and O–H groups in total. The Morgan fingerprint density at radius 2 is 0.833 bits per heavy atom. The van der Waals surface area contributed by atoms with E-state index in [4.69, 9.17) is 0 Å². The average Bonchev–Trinajstić information content (AvgIpc) is 2.41. The van der Waals surface area contributed by atoms with Gasteiger partial charge in [0.1, 0.15) is 12.6 Å². The summed E-state index contributed by atoms with van der Waals surface area (Å²) in [4.78, 5) is 20.0. The smallest absolute Gasteiger partial charge is 0.150 e. The molecule has 0 aliphatic heterocycles. The van der Waals surface area contributed by atoms with Gasteiger partial charge in [-0.1, -0.05) is 60.7 Å². The van der Waals surface area contributed by atoms with Crippen LogP contribution in [0.2, 0.25) is 0 Å². The van der Waals surface area contributed by atoms with Crippen molar-refractivity contribution < 1.29 is 9.59 Å². The highest BCUT2D eigenvalue weighted by Gasteiger charge is 1.80. The number of hydrogen-bond donors (Lipinski definition) is 0. The van der Waals surface area contributed by atoms with Crippen molar-refractivity contribution >= 4 is 37.4 Å². The standard InChI is InChI=1S/2C7H6O.2ClH/c2*8-6-7-4-2-1-3-5-7;;/h2*1-6H;2*1H. The fourth-order valence-electron chi connectivity index (χ4n) is 1.06. The van der Waals surface area contributed by atoms with Gasteiger partial charge < -0.3 is 0 Å². The predicted molar refractivity (Wildman–Crippen MR) is 78.2 cm³/mol. The van der Waals surface area contributed by atoms with Crippen LogP contribution in [-0.4, -0.2) is 12.6 Å². The lowest BCUT2D eigenvalue weighted by atomic mass is 10.2. The monoisotopic (exact) mass is 284 g/mol. The summed E-state index contributed by atoms with van der Waals surface area (Å²) in [5.74, 6) is 0. The molecule has 0 aromatic heterocycles. The molecule has 0 fully saturated rings. The first-order valence-corrected chi connectivity index (χ1v) is 4.87. The summed E-state index contributed by atoms with van der Waals surface area (Å²) in [6.45, 7) is 0. The van der Waals surface area contributed by atoms with Gasteiger partial charge in [0.15, 0.2) is 0 Å². The number of benzene rings is 2. The Kier molecular flexibility index (Phi) is 12.3. The summed E-state index contributed by atoms with van der Waals surface area (Å²) in [5, 5.41) is 0. The summed E-state index contributed by atoms with van der Waals surface area (Å²) in [6, 6.07) is 18.2. The van der Waals surface area contributed by atoms with Gasteiger partial charge in [-0.05, 0) is 0 Å². The Bertz CT molecular complexity index is 387. The quantitative estimate of drug-likeness (QED) is 0.785. The van der Waals surface area contributed by atoms with Crippen LogP contribution in [-0.2, 0) is 0 Å². The zero-order valence-corrected chi connectivity index (χ0v) is 11.2. The third-order valence-electron chi connectivity index (χ3n) is 1.87. The lowest BCUT2D eigenvalue weighted by molar-refractivity contribution is 0.111. The maximum atomic E-state index is 10.0. The highest BCUT2D eigenvalue weighted by Crippen LogP contribution is 1.92. The molecule has 0 saturated carbocycles. The summed E-state index contributed by atoms with van der Waals surface area (Å²) < 4.78 is 0. The lowest BCUT2D eigenvalue weighted by Gasteiger charge is -1.81. The van der Waals surface area contributed by atoms with E-state index in [1.54, 1.807) is 24.3 Å². The number of halogens is 2. The number of carbonyl (C=O) groups is 2. The molecule has 0 amide bonds. The summed E-state index contributed by atoms with van der Waals surface area (Å²) >= 11 is 0. The van der Waals surface area contributed by atoms with Crippen LogP contribution in [0.25, 0.3) is 0 Å². The minimum atomic E-state index is 0. The molecule has 2 rings (SSSR count). The van der Waals surface area contributed by atoms with Crippen molar-refractivity contribution in [2.45, 2.75) is 0 Å². The molecular formula is C14H14Cl2O2. The van der Waals surface area contributed by atoms with Crippen LogP contribution in [0.5, 0.6) is 0 Å². The Hall–Kier alpha value is -1.64. The van der Waals surface area contributed by atoms with E-state index in [1.807, 2.05) is 36.4 Å². The van der Waals surface area contributed by atoms with Crippen molar-refractivity contribution in [2.75, 3.05) is 0 Å². The molecule has 2 aromatic rings. The van der Waals surface area contributed by atoms with Crippen LogP contribution < -0.4 is 0 Å². The first-order chi connectivity index (χ1) is 7.86. The second-order valence-electron chi connectivity index (χ2n) is 3.06. The van der Waals surface area contributed by atoms with Crippen LogP contribution in [0.15, 0.2) is 60.7 Å². The van der Waals surface area contributed by atoms with E-state index in [0.29, 0.717) is 0 Å². The fraction of sp³-hybridized carbons (Fsp3) is 0. The zero-order chi connectivity index (χ0) is 11.6. The van der Waals surface area contributed by atoms with E-state index in [0.717, 1.165) is 23.7 Å². The third kappa shape index (κ3) is 7.60. The van der Waals surface area contributed by atoms with Gasteiger partial charge in [0, 0.05) is 11.1 Å². The Balaban J connectivity index is 0. The number of aldehydes is 2. The molecule has 2 nitrogen and oxygen atoms in total. The average molecular weight is 285 g/mol. The van der Waals surface area contributed by atoms with Crippen LogP contribution in [0.4, 0.5) is 0 Å². The zero-order valence-electron chi connectivity index (χ0n) is 9.56. The number of hydrogen-bond acceptors (Lipinski definition) is 2. The van der Waals surface area contributed by atoms with Crippen molar-refractivity contribution in [3.63, 3.8) is 0 Å². The second kappa shape index (κ2) is 11.8. The van der Waals surface area contributed by atoms with Gasteiger partial charge in [0.2, 0.25) is 0 Å². The molecule has 0 heterocycles. The SMILES string of the molecule is Cl.Cl.O=Cc1ccccc1.O=Cc1ccccc1. The summed E-state index contributed by atoms with van der Waals surface area (Å²) in [6.07, 6.45) is 1.67. The van der Waals surface area contributed by atoms with E-state index in [9.17, 15) is 9.59 Å². The highest BCUT2D eigenvalue weighted by atomic mass is 35.5. The van der Waals surface area contributed by atoms with Crippen molar-refractivity contribution in [1.29, 1.82) is 0 Å². The minimum Gasteiger partial charge on any atom is -0.298 e. The molecule has 4 heteroatoms. The minimum absolute atomic E-state index is 0.